The summed E-state index contributed by atoms with van der Waals surface area (Å²) in [4.78, 5) is 29.4. The summed E-state index contributed by atoms with van der Waals surface area (Å²) >= 11 is 1.20. The lowest BCUT2D eigenvalue weighted by molar-refractivity contribution is 0.0479. The van der Waals surface area contributed by atoms with E-state index in [9.17, 15) is 9.59 Å². The van der Waals surface area contributed by atoms with Crippen molar-refractivity contribution in [3.63, 3.8) is 0 Å². The van der Waals surface area contributed by atoms with Gasteiger partial charge in [-0.2, -0.15) is 0 Å². The molecule has 0 saturated carbocycles. The fraction of sp³-hybridized carbons (Fsp3) is 0.318. The van der Waals surface area contributed by atoms with Crippen LogP contribution in [-0.4, -0.2) is 41.2 Å². The molecule has 3 heterocycles. The molecular formula is C22H23N3O5S. The van der Waals surface area contributed by atoms with Crippen LogP contribution in [0.15, 0.2) is 30.5 Å². The van der Waals surface area contributed by atoms with Gasteiger partial charge < -0.3 is 24.1 Å². The van der Waals surface area contributed by atoms with Crippen LogP contribution in [0.2, 0.25) is 0 Å². The van der Waals surface area contributed by atoms with E-state index >= 15 is 0 Å². The SMILES string of the molecule is CCNc1ncc(C(=O)OCC(=O)c2cc(C)n(Cc3ccc4c(c3)OCO4)c2C)s1. The molecule has 0 amide bonds. The van der Waals surface area contributed by atoms with Crippen LogP contribution < -0.4 is 14.8 Å². The number of aryl methyl sites for hydroxylation is 1. The van der Waals surface area contributed by atoms with Gasteiger partial charge in [0.25, 0.3) is 0 Å². The first-order chi connectivity index (χ1) is 15.0. The number of rotatable bonds is 8. The third kappa shape index (κ3) is 4.41. The van der Waals surface area contributed by atoms with Gasteiger partial charge in [0, 0.05) is 30.0 Å². The van der Waals surface area contributed by atoms with Crippen LogP contribution in [0, 0.1) is 13.8 Å². The Labute approximate surface area is 183 Å². The van der Waals surface area contributed by atoms with Gasteiger partial charge in [-0.25, -0.2) is 9.78 Å². The monoisotopic (exact) mass is 441 g/mol. The fourth-order valence-electron chi connectivity index (χ4n) is 3.43. The van der Waals surface area contributed by atoms with Crippen molar-refractivity contribution in [2.75, 3.05) is 25.3 Å². The summed E-state index contributed by atoms with van der Waals surface area (Å²) in [7, 11) is 0. The van der Waals surface area contributed by atoms with Gasteiger partial charge in [0.05, 0.1) is 6.20 Å². The number of hydrogen-bond donors (Lipinski definition) is 1. The van der Waals surface area contributed by atoms with Crippen molar-refractivity contribution in [3.8, 4) is 11.5 Å². The average Bonchev–Trinajstić information content (AvgIpc) is 3.48. The molecule has 8 nitrogen and oxygen atoms in total. The molecule has 4 rings (SSSR count). The Hall–Kier alpha value is -3.33. The number of ketones is 1. The van der Waals surface area contributed by atoms with Crippen molar-refractivity contribution < 1.29 is 23.8 Å². The molecule has 2 aromatic heterocycles. The van der Waals surface area contributed by atoms with Gasteiger partial charge in [-0.3, -0.25) is 4.79 Å². The summed E-state index contributed by atoms with van der Waals surface area (Å²) in [6.45, 7) is 7.00. The molecule has 1 aliphatic rings. The number of thiazole rings is 1. The predicted octanol–water partition coefficient (Wildman–Crippen LogP) is 3.81. The molecular weight excluding hydrogens is 418 g/mol. The smallest absolute Gasteiger partial charge is 0.350 e. The molecule has 1 N–H and O–H groups in total. The van der Waals surface area contributed by atoms with E-state index in [0.29, 0.717) is 28.7 Å². The van der Waals surface area contributed by atoms with E-state index in [0.717, 1.165) is 28.5 Å². The largest absolute Gasteiger partial charge is 0.454 e. The minimum Gasteiger partial charge on any atom is -0.454 e. The molecule has 0 atom stereocenters. The molecule has 0 bridgehead atoms. The fourth-order valence-corrected chi connectivity index (χ4v) is 4.21. The standard InChI is InChI=1S/C22H23N3O5S/c1-4-23-22-24-9-20(31-22)21(27)28-11-17(26)16-7-13(2)25(14(16)3)10-15-5-6-18-19(8-15)30-12-29-18/h5-9H,4,10-12H2,1-3H3,(H,23,24). The van der Waals surface area contributed by atoms with E-state index in [1.807, 2.05) is 45.0 Å². The zero-order valence-electron chi connectivity index (χ0n) is 17.6. The summed E-state index contributed by atoms with van der Waals surface area (Å²) in [5.41, 5.74) is 3.35. The second-order valence-electron chi connectivity index (χ2n) is 7.12. The number of nitrogens with zero attached hydrogens (tertiary/aromatic N) is 2. The van der Waals surface area contributed by atoms with Crippen LogP contribution in [0.25, 0.3) is 0 Å². The summed E-state index contributed by atoms with van der Waals surface area (Å²) in [6, 6.07) is 7.64. The Morgan fingerprint density at radius 1 is 1.23 bits per heavy atom. The highest BCUT2D eigenvalue weighted by molar-refractivity contribution is 7.17. The van der Waals surface area contributed by atoms with E-state index < -0.39 is 5.97 Å². The molecule has 0 saturated heterocycles. The van der Waals surface area contributed by atoms with E-state index in [4.69, 9.17) is 14.2 Å². The van der Waals surface area contributed by atoms with Crippen LogP contribution in [-0.2, 0) is 11.3 Å². The molecule has 31 heavy (non-hydrogen) atoms. The number of anilines is 1. The van der Waals surface area contributed by atoms with Crippen LogP contribution >= 0.6 is 11.3 Å². The normalized spacial score (nSPS) is 12.1. The summed E-state index contributed by atoms with van der Waals surface area (Å²) in [5, 5.41) is 3.68. The number of benzene rings is 1. The van der Waals surface area contributed by atoms with E-state index in [1.54, 1.807) is 0 Å². The van der Waals surface area contributed by atoms with Gasteiger partial charge >= 0.3 is 5.97 Å². The number of ether oxygens (including phenoxy) is 3. The molecule has 0 fully saturated rings. The topological polar surface area (TPSA) is 91.7 Å². The molecule has 0 aliphatic carbocycles. The first-order valence-corrected chi connectivity index (χ1v) is 10.7. The zero-order chi connectivity index (χ0) is 22.0. The van der Waals surface area contributed by atoms with Crippen LogP contribution in [0.4, 0.5) is 5.13 Å². The van der Waals surface area contributed by atoms with Crippen molar-refractivity contribution in [3.05, 3.63) is 57.9 Å². The number of carbonyl (C=O) groups excluding carboxylic acids is 2. The highest BCUT2D eigenvalue weighted by Gasteiger charge is 2.20. The number of aromatic nitrogens is 2. The second-order valence-corrected chi connectivity index (χ2v) is 8.15. The third-order valence-electron chi connectivity index (χ3n) is 5.02. The Morgan fingerprint density at radius 3 is 2.84 bits per heavy atom. The summed E-state index contributed by atoms with van der Waals surface area (Å²) in [6.07, 6.45) is 1.45. The van der Waals surface area contributed by atoms with Crippen molar-refractivity contribution in [2.24, 2.45) is 0 Å². The van der Waals surface area contributed by atoms with Crippen LogP contribution in [0.5, 0.6) is 11.5 Å². The van der Waals surface area contributed by atoms with Crippen molar-refractivity contribution in [1.29, 1.82) is 0 Å². The first-order valence-electron chi connectivity index (χ1n) is 9.91. The number of carbonyl (C=O) groups is 2. The Bertz CT molecular complexity index is 1130. The van der Waals surface area contributed by atoms with Crippen LogP contribution in [0.1, 0.15) is 43.9 Å². The number of hydrogen-bond acceptors (Lipinski definition) is 8. The maximum atomic E-state index is 12.7. The predicted molar refractivity (Wildman–Crippen MR) is 116 cm³/mol. The average molecular weight is 442 g/mol. The molecule has 0 spiro atoms. The van der Waals surface area contributed by atoms with Gasteiger partial charge in [0.15, 0.2) is 23.2 Å². The Kier molecular flexibility index (Phi) is 5.94. The highest BCUT2D eigenvalue weighted by Crippen LogP contribution is 2.33. The van der Waals surface area contributed by atoms with Crippen molar-refractivity contribution in [2.45, 2.75) is 27.3 Å². The van der Waals surface area contributed by atoms with Gasteiger partial charge in [0.1, 0.15) is 4.88 Å². The Morgan fingerprint density at radius 2 is 2.03 bits per heavy atom. The zero-order valence-corrected chi connectivity index (χ0v) is 18.4. The van der Waals surface area contributed by atoms with Crippen molar-refractivity contribution >= 4 is 28.2 Å². The number of Topliss-reactive ketones (excluding diaryl/α,β-unsaturated/α-hetero) is 1. The van der Waals surface area contributed by atoms with Crippen LogP contribution in [0.3, 0.4) is 0 Å². The van der Waals surface area contributed by atoms with E-state index in [-0.39, 0.29) is 19.2 Å². The van der Waals surface area contributed by atoms with Gasteiger partial charge in [-0.05, 0) is 44.5 Å². The first kappa shape index (κ1) is 20.9. The molecule has 0 unspecified atom stereocenters. The van der Waals surface area contributed by atoms with E-state index in [2.05, 4.69) is 14.9 Å². The maximum absolute atomic E-state index is 12.7. The minimum absolute atomic E-state index is 0.232. The molecule has 0 radical (unpaired) electrons. The lowest BCUT2D eigenvalue weighted by Crippen LogP contribution is -2.14. The maximum Gasteiger partial charge on any atom is 0.350 e. The molecule has 1 aromatic carbocycles. The van der Waals surface area contributed by atoms with Crippen molar-refractivity contribution in [1.82, 2.24) is 9.55 Å². The minimum atomic E-state index is -0.552. The van der Waals surface area contributed by atoms with Gasteiger partial charge in [-0.1, -0.05) is 17.4 Å². The molecule has 162 valence electrons. The number of esters is 1. The summed E-state index contributed by atoms with van der Waals surface area (Å²) in [5.74, 6) is 0.670. The number of nitrogens with one attached hydrogen (secondary N) is 1. The highest BCUT2D eigenvalue weighted by atomic mass is 32.1. The summed E-state index contributed by atoms with van der Waals surface area (Å²) < 4.78 is 18.1. The Balaban J connectivity index is 1.42. The molecule has 1 aliphatic heterocycles. The second kappa shape index (κ2) is 8.81. The third-order valence-corrected chi connectivity index (χ3v) is 5.96. The number of fused-ring (bicyclic) bond motifs is 1. The lowest BCUT2D eigenvalue weighted by Gasteiger charge is -2.11. The molecule has 9 heteroatoms. The van der Waals surface area contributed by atoms with Gasteiger partial charge in [0.2, 0.25) is 12.6 Å². The molecule has 3 aromatic rings. The lowest BCUT2D eigenvalue weighted by atomic mass is 10.1. The quantitative estimate of drug-likeness (QED) is 0.420. The van der Waals surface area contributed by atoms with E-state index in [1.165, 1.54) is 17.5 Å². The van der Waals surface area contributed by atoms with Gasteiger partial charge in [-0.15, -0.1) is 0 Å².